The van der Waals surface area contributed by atoms with Gasteiger partial charge in [-0.1, -0.05) is 42.5 Å². The van der Waals surface area contributed by atoms with E-state index >= 15 is 0 Å². The van der Waals surface area contributed by atoms with Crippen LogP contribution in [0.4, 0.5) is 4.39 Å². The summed E-state index contributed by atoms with van der Waals surface area (Å²) < 4.78 is 15.8. The van der Waals surface area contributed by atoms with Crippen molar-refractivity contribution in [1.82, 2.24) is 25.4 Å². The van der Waals surface area contributed by atoms with Crippen molar-refractivity contribution in [3.63, 3.8) is 0 Å². The number of aryl methyl sites for hydroxylation is 2. The highest BCUT2D eigenvalue weighted by molar-refractivity contribution is 5.80. The van der Waals surface area contributed by atoms with Crippen LogP contribution in [0.2, 0.25) is 0 Å². The van der Waals surface area contributed by atoms with E-state index in [0.717, 1.165) is 22.8 Å². The highest BCUT2D eigenvalue weighted by atomic mass is 19.1. The number of hydrogen-bond donors (Lipinski definition) is 2. The molecule has 3 rings (SSSR count). The lowest BCUT2D eigenvalue weighted by atomic mass is 10.1. The van der Waals surface area contributed by atoms with Gasteiger partial charge in [0.05, 0.1) is 19.1 Å². The summed E-state index contributed by atoms with van der Waals surface area (Å²) in [7, 11) is 1.93. The fourth-order valence-corrected chi connectivity index (χ4v) is 2.86. The van der Waals surface area contributed by atoms with Crippen molar-refractivity contribution in [2.75, 3.05) is 0 Å². The number of hydrogen-bond acceptors (Lipinski definition) is 3. The molecule has 0 fully saturated rings. The van der Waals surface area contributed by atoms with Crippen LogP contribution in [0.3, 0.4) is 0 Å². The molecule has 1 unspecified atom stereocenters. The highest BCUT2D eigenvalue weighted by Crippen LogP contribution is 2.12. The largest absolute Gasteiger partial charge is 0.350 e. The van der Waals surface area contributed by atoms with Crippen LogP contribution in [-0.4, -0.2) is 20.7 Å². The summed E-state index contributed by atoms with van der Waals surface area (Å²) in [5.41, 5.74) is 2.60. The molecule has 0 spiro atoms. The second-order valence-electron chi connectivity index (χ2n) is 7.10. The first-order valence-electron chi connectivity index (χ1n) is 9.63. The lowest BCUT2D eigenvalue weighted by molar-refractivity contribution is 0.616. The number of guanidine groups is 1. The molecular formula is C22H27FN6. The molecular weight excluding hydrogens is 367 g/mol. The molecule has 0 saturated heterocycles. The Kier molecular flexibility index (Phi) is 6.59. The third-order valence-electron chi connectivity index (χ3n) is 4.91. The topological polar surface area (TPSA) is 67.1 Å². The van der Waals surface area contributed by atoms with Crippen LogP contribution in [0, 0.1) is 19.7 Å². The van der Waals surface area contributed by atoms with Gasteiger partial charge in [-0.3, -0.25) is 0 Å². The van der Waals surface area contributed by atoms with Gasteiger partial charge in [0, 0.05) is 7.05 Å². The summed E-state index contributed by atoms with van der Waals surface area (Å²) in [6.45, 7) is 6.58. The Bertz CT molecular complexity index is 980. The molecule has 1 atom stereocenters. The van der Waals surface area contributed by atoms with Crippen molar-refractivity contribution < 1.29 is 4.39 Å². The highest BCUT2D eigenvalue weighted by Gasteiger charge is 2.10. The van der Waals surface area contributed by atoms with E-state index in [2.05, 4.69) is 44.9 Å². The van der Waals surface area contributed by atoms with Crippen LogP contribution in [0.1, 0.15) is 41.3 Å². The first-order valence-corrected chi connectivity index (χ1v) is 9.63. The molecule has 0 saturated carbocycles. The Hall–Kier alpha value is -3.22. The van der Waals surface area contributed by atoms with Crippen molar-refractivity contribution in [1.29, 1.82) is 0 Å². The Labute approximate surface area is 170 Å². The van der Waals surface area contributed by atoms with Crippen molar-refractivity contribution in [2.45, 2.75) is 39.9 Å². The summed E-state index contributed by atoms with van der Waals surface area (Å²) in [6, 6.07) is 15.4. The van der Waals surface area contributed by atoms with E-state index in [0.29, 0.717) is 24.6 Å². The lowest BCUT2D eigenvalue weighted by Gasteiger charge is -2.18. The number of rotatable bonds is 6. The molecule has 1 aromatic heterocycles. The van der Waals surface area contributed by atoms with Crippen LogP contribution in [0.5, 0.6) is 0 Å². The van der Waals surface area contributed by atoms with Gasteiger partial charge in [0.2, 0.25) is 0 Å². The van der Waals surface area contributed by atoms with Gasteiger partial charge in [-0.25, -0.2) is 9.38 Å². The second-order valence-corrected chi connectivity index (χ2v) is 7.10. The van der Waals surface area contributed by atoms with Gasteiger partial charge < -0.3 is 15.2 Å². The van der Waals surface area contributed by atoms with Crippen LogP contribution < -0.4 is 10.6 Å². The van der Waals surface area contributed by atoms with Crippen molar-refractivity contribution in [2.24, 2.45) is 12.0 Å². The molecule has 0 amide bonds. The minimum atomic E-state index is -0.215. The molecule has 2 N–H and O–H groups in total. The summed E-state index contributed by atoms with van der Waals surface area (Å²) >= 11 is 0. The standard InChI is InChI=1S/C22H27FN6/c1-15-10-11-18(12-20(15)23)13-24-22(25-14-21-28-27-17(3)29(21)4)26-16(2)19-8-6-5-7-9-19/h5-12,16H,13-14H2,1-4H3,(H2,24,25,26). The van der Waals surface area contributed by atoms with Crippen LogP contribution in [0.15, 0.2) is 53.5 Å². The van der Waals surface area contributed by atoms with Gasteiger partial charge in [0.1, 0.15) is 11.6 Å². The number of halogens is 1. The average Bonchev–Trinajstić information content (AvgIpc) is 3.05. The lowest BCUT2D eigenvalue weighted by Crippen LogP contribution is -2.39. The van der Waals surface area contributed by atoms with Crippen molar-refractivity contribution in [3.8, 4) is 0 Å². The quantitative estimate of drug-likeness (QED) is 0.495. The van der Waals surface area contributed by atoms with E-state index in [9.17, 15) is 4.39 Å². The van der Waals surface area contributed by atoms with Gasteiger partial charge in [0.25, 0.3) is 0 Å². The van der Waals surface area contributed by atoms with E-state index in [1.165, 1.54) is 6.07 Å². The van der Waals surface area contributed by atoms with Crippen LogP contribution in [-0.2, 0) is 20.1 Å². The molecule has 0 bridgehead atoms. The fourth-order valence-electron chi connectivity index (χ4n) is 2.86. The van der Waals surface area contributed by atoms with E-state index in [1.54, 1.807) is 13.0 Å². The molecule has 0 radical (unpaired) electrons. The third kappa shape index (κ3) is 5.40. The number of benzene rings is 2. The predicted molar refractivity (Wildman–Crippen MR) is 113 cm³/mol. The van der Waals surface area contributed by atoms with Crippen LogP contribution in [0.25, 0.3) is 0 Å². The molecule has 1 heterocycles. The third-order valence-corrected chi connectivity index (χ3v) is 4.91. The van der Waals surface area contributed by atoms with Crippen molar-refractivity contribution >= 4 is 5.96 Å². The zero-order valence-electron chi connectivity index (χ0n) is 17.3. The second kappa shape index (κ2) is 9.32. The Morgan fingerprint density at radius 2 is 1.90 bits per heavy atom. The molecule has 0 aliphatic carbocycles. The number of aliphatic imine (C=N–C) groups is 1. The van der Waals surface area contributed by atoms with Gasteiger partial charge >= 0.3 is 0 Å². The molecule has 2 aromatic carbocycles. The first-order chi connectivity index (χ1) is 13.9. The molecule has 0 aliphatic rings. The number of nitrogens with zero attached hydrogens (tertiary/aromatic N) is 4. The fraction of sp³-hybridized carbons (Fsp3) is 0.318. The smallest absolute Gasteiger partial charge is 0.192 e. The Balaban J connectivity index is 1.75. The zero-order chi connectivity index (χ0) is 20.8. The molecule has 7 heteroatoms. The monoisotopic (exact) mass is 394 g/mol. The van der Waals surface area contributed by atoms with Gasteiger partial charge in [-0.15, -0.1) is 10.2 Å². The van der Waals surface area contributed by atoms with Crippen LogP contribution >= 0.6 is 0 Å². The molecule has 3 aromatic rings. The molecule has 0 aliphatic heterocycles. The Morgan fingerprint density at radius 3 is 2.55 bits per heavy atom. The minimum absolute atomic E-state index is 0.0541. The normalized spacial score (nSPS) is 12.7. The Morgan fingerprint density at radius 1 is 1.14 bits per heavy atom. The summed E-state index contributed by atoms with van der Waals surface area (Å²) in [4.78, 5) is 4.65. The van der Waals surface area contributed by atoms with Gasteiger partial charge in [0.15, 0.2) is 11.8 Å². The maximum Gasteiger partial charge on any atom is 0.192 e. The summed E-state index contributed by atoms with van der Waals surface area (Å²) in [5.74, 6) is 2.07. The van der Waals surface area contributed by atoms with E-state index in [-0.39, 0.29) is 11.9 Å². The van der Waals surface area contributed by atoms with Crippen molar-refractivity contribution in [3.05, 3.63) is 82.7 Å². The van der Waals surface area contributed by atoms with E-state index in [1.807, 2.05) is 42.8 Å². The maximum absolute atomic E-state index is 13.9. The SMILES string of the molecule is Cc1ccc(CN=C(NCc2nnc(C)n2C)NC(C)c2ccccc2)cc1F. The number of aromatic nitrogens is 3. The van der Waals surface area contributed by atoms with Gasteiger partial charge in [-0.2, -0.15) is 0 Å². The predicted octanol–water partition coefficient (Wildman–Crippen LogP) is 3.57. The van der Waals surface area contributed by atoms with E-state index in [4.69, 9.17) is 0 Å². The van der Waals surface area contributed by atoms with Gasteiger partial charge in [-0.05, 0) is 43.5 Å². The first kappa shape index (κ1) is 20.5. The molecule has 6 nitrogen and oxygen atoms in total. The molecule has 29 heavy (non-hydrogen) atoms. The zero-order valence-corrected chi connectivity index (χ0v) is 17.3. The summed E-state index contributed by atoms with van der Waals surface area (Å²) in [5, 5.41) is 15.0. The van der Waals surface area contributed by atoms with E-state index < -0.39 is 0 Å². The average molecular weight is 394 g/mol. The molecule has 152 valence electrons. The number of nitrogens with one attached hydrogen (secondary N) is 2. The minimum Gasteiger partial charge on any atom is -0.350 e. The maximum atomic E-state index is 13.9. The summed E-state index contributed by atoms with van der Waals surface area (Å²) in [6.07, 6.45) is 0.